The third-order valence-electron chi connectivity index (χ3n) is 4.27. The number of hydrogen-bond donors (Lipinski definition) is 0. The van der Waals surface area contributed by atoms with Crippen LogP contribution in [0.15, 0.2) is 0 Å². The Balaban J connectivity index is 3.36. The first-order chi connectivity index (χ1) is 10.2. The Labute approximate surface area is 133 Å². The predicted octanol–water partition coefficient (Wildman–Crippen LogP) is 5.95. The van der Waals surface area contributed by atoms with E-state index in [0.717, 1.165) is 19.4 Å². The highest BCUT2D eigenvalue weighted by Crippen LogP contribution is 2.10. The fraction of sp³-hybridized carbons (Fsp3) is 0.947. The molecule has 0 unspecified atom stereocenters. The van der Waals surface area contributed by atoms with Gasteiger partial charge in [0.05, 0.1) is 0 Å². The summed E-state index contributed by atoms with van der Waals surface area (Å²) in [5.74, 6) is 0.344. The summed E-state index contributed by atoms with van der Waals surface area (Å²) in [4.78, 5) is 13.9. The molecule has 0 saturated heterocycles. The molecule has 0 radical (unpaired) electrons. The molecular formula is C19H39NO. The minimum Gasteiger partial charge on any atom is -0.346 e. The Hall–Kier alpha value is -0.530. The molecule has 2 heteroatoms. The summed E-state index contributed by atoms with van der Waals surface area (Å²) in [6.07, 6.45) is 17.5. The summed E-state index contributed by atoms with van der Waals surface area (Å²) in [5.41, 5.74) is 0. The molecule has 0 saturated carbocycles. The van der Waals surface area contributed by atoms with E-state index in [2.05, 4.69) is 13.8 Å². The molecule has 126 valence electrons. The molecule has 0 aromatic carbocycles. The lowest BCUT2D eigenvalue weighted by Crippen LogP contribution is -2.27. The van der Waals surface area contributed by atoms with Crippen molar-refractivity contribution in [2.24, 2.45) is 0 Å². The Morgan fingerprint density at radius 1 is 0.667 bits per heavy atom. The molecule has 0 atom stereocenters. The minimum atomic E-state index is 0.344. The second-order valence-electron chi connectivity index (χ2n) is 6.45. The maximum Gasteiger partial charge on any atom is 0.222 e. The van der Waals surface area contributed by atoms with Gasteiger partial charge in [-0.2, -0.15) is 0 Å². The number of carbonyl (C=O) groups excluding carboxylic acids is 1. The summed E-state index contributed by atoms with van der Waals surface area (Å²) in [6, 6.07) is 0. The zero-order chi connectivity index (χ0) is 15.8. The Morgan fingerprint density at radius 2 is 1.10 bits per heavy atom. The van der Waals surface area contributed by atoms with Gasteiger partial charge in [-0.05, 0) is 12.8 Å². The molecule has 0 N–H and O–H groups in total. The second kappa shape index (κ2) is 15.9. The minimum absolute atomic E-state index is 0.344. The van der Waals surface area contributed by atoms with Gasteiger partial charge in [-0.3, -0.25) is 4.79 Å². The van der Waals surface area contributed by atoms with Gasteiger partial charge in [0.15, 0.2) is 0 Å². The molecule has 0 aromatic heterocycles. The van der Waals surface area contributed by atoms with Crippen molar-refractivity contribution in [1.82, 2.24) is 4.90 Å². The van der Waals surface area contributed by atoms with Crippen molar-refractivity contribution in [3.63, 3.8) is 0 Å². The van der Waals surface area contributed by atoms with Crippen LogP contribution < -0.4 is 0 Å². The largest absolute Gasteiger partial charge is 0.346 e. The highest BCUT2D eigenvalue weighted by atomic mass is 16.2. The standard InChI is InChI=1S/C19H39NO/c1-4-6-8-10-12-14-16-18-20(3)19(21)17-15-13-11-9-7-5-2/h4-18H2,1-3H3. The van der Waals surface area contributed by atoms with Crippen LogP contribution in [0.5, 0.6) is 0 Å². The first-order valence-corrected chi connectivity index (χ1v) is 9.46. The van der Waals surface area contributed by atoms with Crippen molar-refractivity contribution in [2.75, 3.05) is 13.6 Å². The van der Waals surface area contributed by atoms with E-state index >= 15 is 0 Å². The molecule has 0 spiro atoms. The summed E-state index contributed by atoms with van der Waals surface area (Å²) in [6.45, 7) is 5.44. The lowest BCUT2D eigenvalue weighted by molar-refractivity contribution is -0.130. The van der Waals surface area contributed by atoms with E-state index in [9.17, 15) is 4.79 Å². The van der Waals surface area contributed by atoms with Gasteiger partial charge in [0.1, 0.15) is 0 Å². The fourth-order valence-electron chi connectivity index (χ4n) is 2.68. The molecule has 1 amide bonds. The maximum atomic E-state index is 12.0. The van der Waals surface area contributed by atoms with Crippen LogP contribution in [-0.4, -0.2) is 24.4 Å². The molecule has 0 rings (SSSR count). The van der Waals surface area contributed by atoms with Crippen LogP contribution in [0.2, 0.25) is 0 Å². The fourth-order valence-corrected chi connectivity index (χ4v) is 2.68. The van der Waals surface area contributed by atoms with Crippen LogP contribution in [0, 0.1) is 0 Å². The number of unbranched alkanes of at least 4 members (excludes halogenated alkanes) is 11. The van der Waals surface area contributed by atoms with Gasteiger partial charge in [-0.25, -0.2) is 0 Å². The molecule has 0 fully saturated rings. The lowest BCUT2D eigenvalue weighted by Gasteiger charge is -2.17. The predicted molar refractivity (Wildman–Crippen MR) is 93.6 cm³/mol. The van der Waals surface area contributed by atoms with Crippen molar-refractivity contribution in [3.8, 4) is 0 Å². The van der Waals surface area contributed by atoms with Gasteiger partial charge in [0.25, 0.3) is 0 Å². The number of amides is 1. The molecule has 0 aliphatic rings. The Kier molecular flexibility index (Phi) is 15.5. The second-order valence-corrected chi connectivity index (χ2v) is 6.45. The summed E-state index contributed by atoms with van der Waals surface area (Å²) in [7, 11) is 1.97. The van der Waals surface area contributed by atoms with Crippen molar-refractivity contribution in [1.29, 1.82) is 0 Å². The third kappa shape index (κ3) is 14.2. The molecule has 0 aliphatic heterocycles. The van der Waals surface area contributed by atoms with Crippen LogP contribution in [0.4, 0.5) is 0 Å². The monoisotopic (exact) mass is 297 g/mol. The van der Waals surface area contributed by atoms with Crippen molar-refractivity contribution in [2.45, 2.75) is 104 Å². The number of hydrogen-bond acceptors (Lipinski definition) is 1. The van der Waals surface area contributed by atoms with E-state index in [4.69, 9.17) is 0 Å². The molecule has 0 aliphatic carbocycles. The van der Waals surface area contributed by atoms with E-state index in [0.29, 0.717) is 5.91 Å². The van der Waals surface area contributed by atoms with E-state index < -0.39 is 0 Å². The van der Waals surface area contributed by atoms with E-state index in [1.165, 1.54) is 77.0 Å². The van der Waals surface area contributed by atoms with Crippen LogP contribution in [0.1, 0.15) is 104 Å². The van der Waals surface area contributed by atoms with Gasteiger partial charge in [-0.1, -0.05) is 84.5 Å². The average Bonchev–Trinajstić information content (AvgIpc) is 2.49. The van der Waals surface area contributed by atoms with Crippen LogP contribution in [0.25, 0.3) is 0 Å². The normalized spacial score (nSPS) is 10.8. The topological polar surface area (TPSA) is 20.3 Å². The van der Waals surface area contributed by atoms with Crippen molar-refractivity contribution < 1.29 is 4.79 Å². The van der Waals surface area contributed by atoms with Crippen molar-refractivity contribution in [3.05, 3.63) is 0 Å². The smallest absolute Gasteiger partial charge is 0.222 e. The number of rotatable bonds is 15. The zero-order valence-electron chi connectivity index (χ0n) is 15.0. The van der Waals surface area contributed by atoms with E-state index in [1.54, 1.807) is 0 Å². The van der Waals surface area contributed by atoms with Crippen LogP contribution >= 0.6 is 0 Å². The Morgan fingerprint density at radius 3 is 1.62 bits per heavy atom. The molecule has 0 aromatic rings. The van der Waals surface area contributed by atoms with E-state index in [-0.39, 0.29) is 0 Å². The number of carbonyl (C=O) groups is 1. The lowest BCUT2D eigenvalue weighted by atomic mass is 10.1. The summed E-state index contributed by atoms with van der Waals surface area (Å²) >= 11 is 0. The van der Waals surface area contributed by atoms with Gasteiger partial charge >= 0.3 is 0 Å². The maximum absolute atomic E-state index is 12.0. The van der Waals surface area contributed by atoms with Crippen molar-refractivity contribution >= 4 is 5.91 Å². The van der Waals surface area contributed by atoms with Gasteiger partial charge in [-0.15, -0.1) is 0 Å². The molecule has 0 bridgehead atoms. The molecule has 21 heavy (non-hydrogen) atoms. The van der Waals surface area contributed by atoms with Crippen LogP contribution in [-0.2, 0) is 4.79 Å². The SMILES string of the molecule is CCCCCCCCCN(C)C(=O)CCCCCCCC. The number of nitrogens with zero attached hydrogens (tertiary/aromatic N) is 1. The summed E-state index contributed by atoms with van der Waals surface area (Å²) in [5, 5.41) is 0. The van der Waals surface area contributed by atoms with Gasteiger partial charge < -0.3 is 4.90 Å². The quantitative estimate of drug-likeness (QED) is 0.342. The first-order valence-electron chi connectivity index (χ1n) is 9.46. The zero-order valence-corrected chi connectivity index (χ0v) is 15.0. The van der Waals surface area contributed by atoms with Gasteiger partial charge in [0, 0.05) is 20.0 Å². The average molecular weight is 298 g/mol. The molecule has 2 nitrogen and oxygen atoms in total. The first kappa shape index (κ1) is 20.5. The van der Waals surface area contributed by atoms with E-state index in [1.807, 2.05) is 11.9 Å². The third-order valence-corrected chi connectivity index (χ3v) is 4.27. The molecule has 0 heterocycles. The van der Waals surface area contributed by atoms with Crippen LogP contribution in [0.3, 0.4) is 0 Å². The molecular weight excluding hydrogens is 258 g/mol. The summed E-state index contributed by atoms with van der Waals surface area (Å²) < 4.78 is 0. The van der Waals surface area contributed by atoms with Gasteiger partial charge in [0.2, 0.25) is 5.91 Å². The Bertz CT molecular complexity index is 228. The highest BCUT2D eigenvalue weighted by Gasteiger charge is 2.07. The highest BCUT2D eigenvalue weighted by molar-refractivity contribution is 5.75.